The predicted molar refractivity (Wildman–Crippen MR) is 104 cm³/mol. The van der Waals surface area contributed by atoms with Gasteiger partial charge in [0.25, 0.3) is 0 Å². The van der Waals surface area contributed by atoms with E-state index in [4.69, 9.17) is 0 Å². The third kappa shape index (κ3) is 2.99. The molecular weight excluding hydrogens is 359 g/mol. The number of aromatic nitrogens is 6. The maximum absolute atomic E-state index is 13.9. The van der Waals surface area contributed by atoms with Crippen LogP contribution in [0.3, 0.4) is 0 Å². The standard InChI is InChI=1S/C19H19FN8/c1-27-10-12(5-24-27)16-11-28-17(8-23-19(28)9-22-16)14-3-2-4-18(25-14)26-15-7-21-6-13(15)20/h2-5,8-11,13,15,21H,6-7H2,1H3,(H,25,26)/t13-,15-/m0/s1. The molecule has 5 rings (SSSR count). The van der Waals surface area contributed by atoms with Crippen molar-refractivity contribution in [2.45, 2.75) is 12.2 Å². The van der Waals surface area contributed by atoms with E-state index in [9.17, 15) is 4.39 Å². The lowest BCUT2D eigenvalue weighted by atomic mass is 10.2. The van der Waals surface area contributed by atoms with Crippen molar-refractivity contribution < 1.29 is 4.39 Å². The minimum Gasteiger partial charge on any atom is -0.363 e. The zero-order chi connectivity index (χ0) is 19.1. The summed E-state index contributed by atoms with van der Waals surface area (Å²) < 4.78 is 17.6. The van der Waals surface area contributed by atoms with Crippen molar-refractivity contribution in [2.24, 2.45) is 7.05 Å². The van der Waals surface area contributed by atoms with Crippen molar-refractivity contribution in [3.8, 4) is 22.6 Å². The Morgan fingerprint density at radius 1 is 1.11 bits per heavy atom. The van der Waals surface area contributed by atoms with Crippen LogP contribution in [0.2, 0.25) is 0 Å². The van der Waals surface area contributed by atoms with Gasteiger partial charge in [0.15, 0.2) is 5.65 Å². The van der Waals surface area contributed by atoms with Crippen molar-refractivity contribution >= 4 is 11.5 Å². The second-order valence-electron chi connectivity index (χ2n) is 6.88. The highest BCUT2D eigenvalue weighted by molar-refractivity contribution is 5.64. The Balaban J connectivity index is 1.51. The molecule has 0 bridgehead atoms. The molecule has 2 N–H and O–H groups in total. The second-order valence-corrected chi connectivity index (χ2v) is 6.88. The van der Waals surface area contributed by atoms with Gasteiger partial charge in [-0.15, -0.1) is 0 Å². The minimum atomic E-state index is -0.922. The van der Waals surface area contributed by atoms with Crippen LogP contribution in [0.4, 0.5) is 10.2 Å². The molecule has 142 valence electrons. The molecule has 4 aromatic rings. The Kier molecular flexibility index (Phi) is 4.01. The largest absolute Gasteiger partial charge is 0.363 e. The molecule has 0 spiro atoms. The summed E-state index contributed by atoms with van der Waals surface area (Å²) in [7, 11) is 1.87. The van der Waals surface area contributed by atoms with E-state index in [2.05, 4.69) is 30.7 Å². The summed E-state index contributed by atoms with van der Waals surface area (Å²) >= 11 is 0. The highest BCUT2D eigenvalue weighted by Crippen LogP contribution is 2.23. The second kappa shape index (κ2) is 6.68. The topological polar surface area (TPSA) is 85.0 Å². The molecule has 1 aliphatic heterocycles. The number of fused-ring (bicyclic) bond motifs is 1. The normalized spacial score (nSPS) is 19.4. The number of nitrogens with one attached hydrogen (secondary N) is 2. The average Bonchev–Trinajstić information content (AvgIpc) is 3.42. The molecule has 4 aromatic heterocycles. The maximum Gasteiger partial charge on any atom is 0.155 e. The van der Waals surface area contributed by atoms with Crippen molar-refractivity contribution in [1.82, 2.24) is 34.4 Å². The highest BCUT2D eigenvalue weighted by atomic mass is 19.1. The van der Waals surface area contributed by atoms with Crippen LogP contribution in [-0.4, -0.2) is 54.4 Å². The number of hydrogen-bond acceptors (Lipinski definition) is 6. The lowest BCUT2D eigenvalue weighted by Gasteiger charge is -2.15. The Morgan fingerprint density at radius 3 is 2.82 bits per heavy atom. The molecule has 0 saturated carbocycles. The number of imidazole rings is 1. The molecule has 2 atom stereocenters. The van der Waals surface area contributed by atoms with E-state index in [-0.39, 0.29) is 6.04 Å². The summed E-state index contributed by atoms with van der Waals surface area (Å²) in [5, 5.41) is 10.4. The van der Waals surface area contributed by atoms with Crippen molar-refractivity contribution in [3.05, 3.63) is 49.2 Å². The van der Waals surface area contributed by atoms with Gasteiger partial charge in [-0.25, -0.2) is 14.4 Å². The Bertz CT molecular complexity index is 1130. The van der Waals surface area contributed by atoms with Gasteiger partial charge in [-0.3, -0.25) is 14.1 Å². The van der Waals surface area contributed by atoms with Gasteiger partial charge in [0.2, 0.25) is 0 Å². The first-order chi connectivity index (χ1) is 13.7. The summed E-state index contributed by atoms with van der Waals surface area (Å²) in [6.45, 7) is 0.956. The molecule has 28 heavy (non-hydrogen) atoms. The fraction of sp³-hybridized carbons (Fsp3) is 0.263. The zero-order valence-electron chi connectivity index (χ0n) is 15.2. The van der Waals surface area contributed by atoms with E-state index in [1.54, 1.807) is 23.3 Å². The van der Waals surface area contributed by atoms with Gasteiger partial charge in [-0.2, -0.15) is 5.10 Å². The number of anilines is 1. The van der Waals surface area contributed by atoms with Crippen LogP contribution >= 0.6 is 0 Å². The first kappa shape index (κ1) is 16.8. The third-order valence-electron chi connectivity index (χ3n) is 4.88. The van der Waals surface area contributed by atoms with E-state index in [1.807, 2.05) is 42.0 Å². The molecule has 8 nitrogen and oxygen atoms in total. The van der Waals surface area contributed by atoms with Crippen molar-refractivity contribution in [3.63, 3.8) is 0 Å². The smallest absolute Gasteiger partial charge is 0.155 e. The van der Waals surface area contributed by atoms with E-state index in [0.717, 1.165) is 28.3 Å². The summed E-state index contributed by atoms with van der Waals surface area (Å²) in [4.78, 5) is 13.6. The van der Waals surface area contributed by atoms with Crippen LogP contribution in [0, 0.1) is 0 Å². The number of aryl methyl sites for hydroxylation is 1. The lowest BCUT2D eigenvalue weighted by molar-refractivity contribution is 0.342. The van der Waals surface area contributed by atoms with Gasteiger partial charge in [0, 0.05) is 38.1 Å². The molecule has 0 aliphatic carbocycles. The number of halogens is 1. The van der Waals surface area contributed by atoms with Gasteiger partial charge >= 0.3 is 0 Å². The van der Waals surface area contributed by atoms with Crippen molar-refractivity contribution in [2.75, 3.05) is 18.4 Å². The number of rotatable bonds is 4. The Hall–Kier alpha value is -3.33. The Morgan fingerprint density at radius 2 is 2.04 bits per heavy atom. The third-order valence-corrected chi connectivity index (χ3v) is 4.88. The van der Waals surface area contributed by atoms with E-state index in [1.165, 1.54) is 0 Å². The molecule has 0 amide bonds. The number of pyridine rings is 1. The van der Waals surface area contributed by atoms with Gasteiger partial charge in [-0.1, -0.05) is 6.07 Å². The van der Waals surface area contributed by atoms with Crippen LogP contribution in [0.15, 0.2) is 49.2 Å². The number of alkyl halides is 1. The van der Waals surface area contributed by atoms with Gasteiger partial charge in [-0.05, 0) is 12.1 Å². The zero-order valence-corrected chi connectivity index (χ0v) is 15.2. The molecule has 0 aromatic carbocycles. The van der Waals surface area contributed by atoms with E-state index in [0.29, 0.717) is 18.9 Å². The van der Waals surface area contributed by atoms with Crippen LogP contribution in [0.1, 0.15) is 0 Å². The number of nitrogens with zero attached hydrogens (tertiary/aromatic N) is 6. The highest BCUT2D eigenvalue weighted by Gasteiger charge is 2.26. The molecule has 1 saturated heterocycles. The molecule has 0 radical (unpaired) electrons. The molecule has 0 unspecified atom stereocenters. The first-order valence-electron chi connectivity index (χ1n) is 9.08. The summed E-state index contributed by atoms with van der Waals surface area (Å²) in [5.74, 6) is 0.644. The van der Waals surface area contributed by atoms with Crippen LogP contribution in [0.25, 0.3) is 28.3 Å². The quantitative estimate of drug-likeness (QED) is 0.564. The fourth-order valence-electron chi connectivity index (χ4n) is 3.42. The average molecular weight is 378 g/mol. The monoisotopic (exact) mass is 378 g/mol. The van der Waals surface area contributed by atoms with Crippen LogP contribution < -0.4 is 10.6 Å². The van der Waals surface area contributed by atoms with Crippen molar-refractivity contribution in [1.29, 1.82) is 0 Å². The number of hydrogen-bond donors (Lipinski definition) is 2. The minimum absolute atomic E-state index is 0.272. The van der Waals surface area contributed by atoms with Gasteiger partial charge in [0.05, 0.1) is 41.7 Å². The van der Waals surface area contributed by atoms with Crippen LogP contribution in [-0.2, 0) is 7.05 Å². The molecular formula is C19H19FN8. The summed E-state index contributed by atoms with van der Waals surface area (Å²) in [5.41, 5.74) is 4.04. The predicted octanol–water partition coefficient (Wildman–Crippen LogP) is 1.91. The molecule has 5 heterocycles. The molecule has 9 heteroatoms. The SMILES string of the molecule is Cn1cc(-c2cn3c(-c4cccc(N[C@H]5CNC[C@@H]5F)n4)cnc3cn2)cn1. The maximum atomic E-state index is 13.9. The fourth-order valence-corrected chi connectivity index (χ4v) is 3.42. The molecule has 1 aliphatic rings. The first-order valence-corrected chi connectivity index (χ1v) is 9.08. The van der Waals surface area contributed by atoms with Gasteiger partial charge in [0.1, 0.15) is 12.0 Å². The summed E-state index contributed by atoms with van der Waals surface area (Å²) in [6, 6.07) is 5.40. The molecule has 1 fully saturated rings. The van der Waals surface area contributed by atoms with Gasteiger partial charge < -0.3 is 10.6 Å². The van der Waals surface area contributed by atoms with E-state index < -0.39 is 6.17 Å². The van der Waals surface area contributed by atoms with E-state index >= 15 is 0 Å². The Labute approximate surface area is 160 Å². The lowest BCUT2D eigenvalue weighted by Crippen LogP contribution is -2.29. The summed E-state index contributed by atoms with van der Waals surface area (Å²) in [6.07, 6.45) is 8.19. The van der Waals surface area contributed by atoms with Crippen LogP contribution in [0.5, 0.6) is 0 Å².